The lowest BCUT2D eigenvalue weighted by molar-refractivity contribution is 0.154. The Hall–Kier alpha value is -0.940. The van der Waals surface area contributed by atoms with Gasteiger partial charge in [-0.25, -0.2) is 12.8 Å². The Morgan fingerprint density at radius 2 is 2.04 bits per heavy atom. The van der Waals surface area contributed by atoms with Crippen LogP contribution in [0.2, 0.25) is 0 Å². The fraction of sp³-hybridized carbons (Fsp3) is 0.562. The minimum atomic E-state index is -3.00. The number of aliphatic imine (C=N–C) groups is 1. The molecule has 1 aromatic rings. The molecule has 1 rings (SSSR count). The van der Waals surface area contributed by atoms with E-state index in [1.165, 1.54) is 12.3 Å². The van der Waals surface area contributed by atoms with Crippen LogP contribution in [0.15, 0.2) is 23.2 Å². The first-order valence-corrected chi connectivity index (χ1v) is 9.77. The largest absolute Gasteiger partial charge is 0.379 e. The lowest BCUT2D eigenvalue weighted by atomic mass is 10.1. The van der Waals surface area contributed by atoms with E-state index in [9.17, 15) is 12.8 Å². The average Bonchev–Trinajstić information content (AvgIpc) is 2.50. The van der Waals surface area contributed by atoms with E-state index < -0.39 is 9.84 Å². The van der Waals surface area contributed by atoms with Crippen molar-refractivity contribution in [3.63, 3.8) is 0 Å². The van der Waals surface area contributed by atoms with Crippen LogP contribution in [0.25, 0.3) is 0 Å². The number of rotatable bonds is 8. The number of sulfone groups is 1. The zero-order valence-electron chi connectivity index (χ0n) is 15.0. The molecule has 1 aromatic carbocycles. The summed E-state index contributed by atoms with van der Waals surface area (Å²) in [5.74, 6) is 0.342. The van der Waals surface area contributed by atoms with Crippen molar-refractivity contribution in [1.29, 1.82) is 0 Å². The smallest absolute Gasteiger partial charge is 0.191 e. The van der Waals surface area contributed by atoms with Crippen molar-refractivity contribution < 1.29 is 17.5 Å². The van der Waals surface area contributed by atoms with Crippen LogP contribution in [-0.2, 0) is 14.6 Å². The molecule has 6 nitrogen and oxygen atoms in total. The van der Waals surface area contributed by atoms with Gasteiger partial charge in [0.2, 0.25) is 0 Å². The van der Waals surface area contributed by atoms with Gasteiger partial charge in [-0.15, -0.1) is 24.0 Å². The Balaban J connectivity index is 0.00000576. The molecule has 144 valence electrons. The SMILES string of the molecule is CN=C(NCCOCCS(C)(=O)=O)NC(C)c1ccc(C)c(F)c1.I. The van der Waals surface area contributed by atoms with Gasteiger partial charge in [-0.1, -0.05) is 12.1 Å². The summed E-state index contributed by atoms with van der Waals surface area (Å²) in [5, 5.41) is 6.23. The van der Waals surface area contributed by atoms with Gasteiger partial charge in [0.05, 0.1) is 25.0 Å². The average molecular weight is 487 g/mol. The molecule has 0 amide bonds. The topological polar surface area (TPSA) is 79.8 Å². The second-order valence-electron chi connectivity index (χ2n) is 5.62. The fourth-order valence-electron chi connectivity index (χ4n) is 1.92. The number of nitrogens with zero attached hydrogens (tertiary/aromatic N) is 1. The zero-order valence-corrected chi connectivity index (χ0v) is 18.2. The molecular formula is C16H27FIN3O3S. The van der Waals surface area contributed by atoms with Gasteiger partial charge >= 0.3 is 0 Å². The van der Waals surface area contributed by atoms with Crippen molar-refractivity contribution in [1.82, 2.24) is 10.6 Å². The highest BCUT2D eigenvalue weighted by Crippen LogP contribution is 2.16. The fourth-order valence-corrected chi connectivity index (χ4v) is 2.34. The summed E-state index contributed by atoms with van der Waals surface area (Å²) in [7, 11) is -1.36. The Kier molecular flexibility index (Phi) is 11.2. The van der Waals surface area contributed by atoms with E-state index in [1.807, 2.05) is 13.0 Å². The lowest BCUT2D eigenvalue weighted by Crippen LogP contribution is -2.40. The second kappa shape index (κ2) is 11.6. The predicted octanol–water partition coefficient (Wildman–Crippen LogP) is 2.04. The monoisotopic (exact) mass is 487 g/mol. The summed E-state index contributed by atoms with van der Waals surface area (Å²) in [5.41, 5.74) is 1.44. The molecular weight excluding hydrogens is 460 g/mol. The van der Waals surface area contributed by atoms with Crippen LogP contribution in [0.4, 0.5) is 4.39 Å². The van der Waals surface area contributed by atoms with Crippen molar-refractivity contribution in [3.05, 3.63) is 35.1 Å². The standard InChI is InChI=1S/C16H26FN3O3S.HI/c1-12-5-6-14(11-15(12)17)13(2)20-16(18-3)19-7-8-23-9-10-24(4,21)22;/h5-6,11,13H,7-10H2,1-4H3,(H2,18,19,20);1H. The van der Waals surface area contributed by atoms with E-state index in [1.54, 1.807) is 20.0 Å². The molecule has 0 aliphatic rings. The molecule has 1 unspecified atom stereocenters. The van der Waals surface area contributed by atoms with E-state index in [2.05, 4.69) is 15.6 Å². The summed E-state index contributed by atoms with van der Waals surface area (Å²) in [6.45, 7) is 4.66. The second-order valence-corrected chi connectivity index (χ2v) is 7.88. The number of benzene rings is 1. The number of aryl methyl sites for hydroxylation is 1. The van der Waals surface area contributed by atoms with Gasteiger partial charge in [-0.05, 0) is 31.0 Å². The summed E-state index contributed by atoms with van der Waals surface area (Å²) in [6, 6.07) is 5.01. The highest BCUT2D eigenvalue weighted by atomic mass is 127. The maximum absolute atomic E-state index is 13.6. The summed E-state index contributed by atoms with van der Waals surface area (Å²) in [4.78, 5) is 4.10. The molecule has 0 fully saturated rings. The van der Waals surface area contributed by atoms with E-state index >= 15 is 0 Å². The Labute approximate surface area is 166 Å². The normalized spacial score (nSPS) is 13.1. The highest BCUT2D eigenvalue weighted by molar-refractivity contribution is 14.0. The van der Waals surface area contributed by atoms with Gasteiger partial charge in [-0.2, -0.15) is 0 Å². The molecule has 9 heteroatoms. The number of hydrogen-bond donors (Lipinski definition) is 2. The third-order valence-corrected chi connectivity index (χ3v) is 4.32. The van der Waals surface area contributed by atoms with E-state index in [-0.39, 0.29) is 48.2 Å². The molecule has 1 atom stereocenters. The summed E-state index contributed by atoms with van der Waals surface area (Å²) < 4.78 is 40.8. The number of ether oxygens (including phenoxy) is 1. The minimum absolute atomic E-state index is 0. The predicted molar refractivity (Wildman–Crippen MR) is 110 cm³/mol. The Bertz CT molecular complexity index is 669. The first kappa shape index (κ1) is 24.1. The number of hydrogen-bond acceptors (Lipinski definition) is 4. The van der Waals surface area contributed by atoms with Gasteiger partial charge < -0.3 is 15.4 Å². The molecule has 0 bridgehead atoms. The van der Waals surface area contributed by atoms with E-state index in [4.69, 9.17) is 4.74 Å². The molecule has 0 aromatic heterocycles. The molecule has 0 saturated heterocycles. The maximum Gasteiger partial charge on any atom is 0.191 e. The quantitative estimate of drug-likeness (QED) is 0.254. The molecule has 0 aliphatic carbocycles. The first-order valence-electron chi connectivity index (χ1n) is 7.71. The summed E-state index contributed by atoms with van der Waals surface area (Å²) >= 11 is 0. The van der Waals surface area contributed by atoms with Crippen molar-refractivity contribution in [2.45, 2.75) is 19.9 Å². The lowest BCUT2D eigenvalue weighted by Gasteiger charge is -2.18. The van der Waals surface area contributed by atoms with Crippen LogP contribution >= 0.6 is 24.0 Å². The first-order chi connectivity index (χ1) is 11.2. The third kappa shape index (κ3) is 9.95. The van der Waals surface area contributed by atoms with E-state index in [0.717, 1.165) is 5.56 Å². The van der Waals surface area contributed by atoms with Gasteiger partial charge in [-0.3, -0.25) is 4.99 Å². The highest BCUT2D eigenvalue weighted by Gasteiger charge is 2.09. The van der Waals surface area contributed by atoms with Gasteiger partial charge in [0.15, 0.2) is 5.96 Å². The minimum Gasteiger partial charge on any atom is -0.379 e. The Morgan fingerprint density at radius 1 is 1.36 bits per heavy atom. The molecule has 0 radical (unpaired) electrons. The van der Waals surface area contributed by atoms with Crippen LogP contribution in [0.1, 0.15) is 24.1 Å². The molecule has 0 spiro atoms. The molecule has 0 aliphatic heterocycles. The van der Waals surface area contributed by atoms with Crippen LogP contribution in [0.5, 0.6) is 0 Å². The maximum atomic E-state index is 13.6. The van der Waals surface area contributed by atoms with Gasteiger partial charge in [0, 0.05) is 19.8 Å². The summed E-state index contributed by atoms with van der Waals surface area (Å²) in [6.07, 6.45) is 1.18. The molecule has 0 saturated carbocycles. The molecule has 25 heavy (non-hydrogen) atoms. The van der Waals surface area contributed by atoms with Crippen LogP contribution in [0, 0.1) is 12.7 Å². The van der Waals surface area contributed by atoms with Crippen LogP contribution < -0.4 is 10.6 Å². The number of halogens is 2. The molecule has 2 N–H and O–H groups in total. The van der Waals surface area contributed by atoms with Crippen molar-refractivity contribution >= 4 is 39.8 Å². The van der Waals surface area contributed by atoms with Crippen LogP contribution in [-0.4, -0.2) is 53.2 Å². The van der Waals surface area contributed by atoms with Crippen molar-refractivity contribution in [3.8, 4) is 0 Å². The zero-order chi connectivity index (χ0) is 18.2. The number of nitrogens with one attached hydrogen (secondary N) is 2. The third-order valence-electron chi connectivity index (χ3n) is 3.41. The van der Waals surface area contributed by atoms with Crippen molar-refractivity contribution in [2.24, 2.45) is 4.99 Å². The van der Waals surface area contributed by atoms with Gasteiger partial charge in [0.1, 0.15) is 15.7 Å². The van der Waals surface area contributed by atoms with Crippen molar-refractivity contribution in [2.75, 3.05) is 38.8 Å². The Morgan fingerprint density at radius 3 is 2.60 bits per heavy atom. The number of guanidine groups is 1. The van der Waals surface area contributed by atoms with E-state index in [0.29, 0.717) is 24.7 Å². The van der Waals surface area contributed by atoms with Crippen LogP contribution in [0.3, 0.4) is 0 Å². The van der Waals surface area contributed by atoms with Gasteiger partial charge in [0.25, 0.3) is 0 Å². The molecule has 0 heterocycles.